The molecule has 6 heteroatoms. The molecule has 2 rings (SSSR count). The van der Waals surface area contributed by atoms with Gasteiger partial charge in [-0.05, 0) is 25.5 Å². The molecule has 1 aliphatic heterocycles. The van der Waals surface area contributed by atoms with Crippen LogP contribution in [0.25, 0.3) is 0 Å². The normalized spacial score (nSPS) is 19.8. The van der Waals surface area contributed by atoms with Gasteiger partial charge in [-0.2, -0.15) is 0 Å². The number of aromatic carboxylic acids is 1. The van der Waals surface area contributed by atoms with Gasteiger partial charge in [-0.15, -0.1) is 0 Å². The lowest BCUT2D eigenvalue weighted by Gasteiger charge is -2.21. The molecule has 1 aliphatic rings. The van der Waals surface area contributed by atoms with Crippen LogP contribution in [0.2, 0.25) is 0 Å². The number of carbonyl (C=O) groups is 2. The number of carboxylic acid groups (broad SMARTS) is 1. The van der Waals surface area contributed by atoms with Gasteiger partial charge >= 0.3 is 5.97 Å². The molecule has 1 amide bonds. The van der Waals surface area contributed by atoms with Gasteiger partial charge in [-0.3, -0.25) is 9.78 Å². The number of amides is 1. The van der Waals surface area contributed by atoms with E-state index in [1.807, 2.05) is 6.92 Å². The van der Waals surface area contributed by atoms with E-state index in [0.29, 0.717) is 19.7 Å². The third kappa shape index (κ3) is 3.29. The quantitative estimate of drug-likeness (QED) is 0.863. The van der Waals surface area contributed by atoms with E-state index >= 15 is 0 Å². The van der Waals surface area contributed by atoms with E-state index in [0.717, 1.165) is 6.42 Å². The van der Waals surface area contributed by atoms with E-state index in [1.54, 1.807) is 4.90 Å². The standard InChI is InChI=1S/C13H16N2O4/c1-9-8-15(5-2-6-19-9)12(16)11-4-3-10(7-14-11)13(17)18/h3-4,7,9H,2,5-6,8H2,1H3,(H,17,18). The molecule has 0 aliphatic carbocycles. The number of nitrogens with zero attached hydrogens (tertiary/aromatic N) is 2. The van der Waals surface area contributed by atoms with Crippen LogP contribution in [-0.2, 0) is 4.74 Å². The van der Waals surface area contributed by atoms with Crippen LogP contribution in [0.5, 0.6) is 0 Å². The minimum atomic E-state index is -1.05. The van der Waals surface area contributed by atoms with Crippen molar-refractivity contribution in [2.45, 2.75) is 19.4 Å². The molecule has 2 heterocycles. The largest absolute Gasteiger partial charge is 0.478 e. The Morgan fingerprint density at radius 1 is 1.47 bits per heavy atom. The lowest BCUT2D eigenvalue weighted by atomic mass is 10.2. The highest BCUT2D eigenvalue weighted by Gasteiger charge is 2.22. The number of aromatic nitrogens is 1. The Morgan fingerprint density at radius 2 is 2.26 bits per heavy atom. The van der Waals surface area contributed by atoms with E-state index in [1.165, 1.54) is 18.3 Å². The smallest absolute Gasteiger partial charge is 0.337 e. The highest BCUT2D eigenvalue weighted by molar-refractivity contribution is 5.93. The third-order valence-electron chi connectivity index (χ3n) is 2.97. The van der Waals surface area contributed by atoms with Crippen molar-refractivity contribution in [1.29, 1.82) is 0 Å². The molecule has 1 unspecified atom stereocenters. The van der Waals surface area contributed by atoms with Gasteiger partial charge in [-0.1, -0.05) is 0 Å². The Hall–Kier alpha value is -1.95. The first-order chi connectivity index (χ1) is 9.08. The predicted octanol–water partition coefficient (Wildman–Crippen LogP) is 1.03. The van der Waals surface area contributed by atoms with Crippen LogP contribution in [-0.4, -0.2) is 52.7 Å². The van der Waals surface area contributed by atoms with Gasteiger partial charge in [0.05, 0.1) is 11.7 Å². The Kier molecular flexibility index (Phi) is 4.11. The molecular formula is C13H16N2O4. The third-order valence-corrected chi connectivity index (χ3v) is 2.97. The first-order valence-corrected chi connectivity index (χ1v) is 6.18. The van der Waals surface area contributed by atoms with E-state index < -0.39 is 5.97 Å². The molecule has 6 nitrogen and oxygen atoms in total. The number of rotatable bonds is 2. The van der Waals surface area contributed by atoms with Gasteiger partial charge in [0, 0.05) is 25.9 Å². The lowest BCUT2D eigenvalue weighted by molar-refractivity contribution is 0.0559. The van der Waals surface area contributed by atoms with Crippen molar-refractivity contribution in [1.82, 2.24) is 9.88 Å². The van der Waals surface area contributed by atoms with E-state index in [9.17, 15) is 9.59 Å². The second kappa shape index (κ2) is 5.79. The zero-order chi connectivity index (χ0) is 13.8. The van der Waals surface area contributed by atoms with Crippen LogP contribution < -0.4 is 0 Å². The summed E-state index contributed by atoms with van der Waals surface area (Å²) in [6, 6.07) is 2.84. The molecule has 1 N–H and O–H groups in total. The Morgan fingerprint density at radius 3 is 2.89 bits per heavy atom. The van der Waals surface area contributed by atoms with Crippen LogP contribution in [0.4, 0.5) is 0 Å². The number of ether oxygens (including phenoxy) is 1. The summed E-state index contributed by atoms with van der Waals surface area (Å²) in [5, 5.41) is 8.78. The van der Waals surface area contributed by atoms with Gasteiger partial charge in [-0.25, -0.2) is 4.79 Å². The molecule has 1 atom stereocenters. The molecule has 1 fully saturated rings. The van der Waals surface area contributed by atoms with E-state index in [-0.39, 0.29) is 23.3 Å². The van der Waals surface area contributed by atoms with Gasteiger partial charge in [0.1, 0.15) is 5.69 Å². The fourth-order valence-electron chi connectivity index (χ4n) is 1.99. The van der Waals surface area contributed by atoms with Crippen LogP contribution in [0.15, 0.2) is 18.3 Å². The number of pyridine rings is 1. The summed E-state index contributed by atoms with van der Waals surface area (Å²) >= 11 is 0. The predicted molar refractivity (Wildman–Crippen MR) is 67.1 cm³/mol. The maximum atomic E-state index is 12.2. The van der Waals surface area contributed by atoms with Crippen molar-refractivity contribution in [3.05, 3.63) is 29.6 Å². The first-order valence-electron chi connectivity index (χ1n) is 6.18. The minimum Gasteiger partial charge on any atom is -0.478 e. The maximum absolute atomic E-state index is 12.2. The van der Waals surface area contributed by atoms with Gasteiger partial charge in [0.25, 0.3) is 5.91 Å². The Bertz CT molecular complexity index is 472. The molecule has 1 aromatic rings. The van der Waals surface area contributed by atoms with Crippen LogP contribution in [0.3, 0.4) is 0 Å². The fraction of sp³-hybridized carbons (Fsp3) is 0.462. The zero-order valence-corrected chi connectivity index (χ0v) is 10.7. The van der Waals surface area contributed by atoms with Crippen molar-refractivity contribution < 1.29 is 19.4 Å². The average molecular weight is 264 g/mol. The summed E-state index contributed by atoms with van der Waals surface area (Å²) in [6.45, 7) is 3.73. The van der Waals surface area contributed by atoms with E-state index in [2.05, 4.69) is 4.98 Å². The SMILES string of the molecule is CC1CN(C(=O)c2ccc(C(=O)O)cn2)CCCO1. The minimum absolute atomic E-state index is 0.00439. The highest BCUT2D eigenvalue weighted by atomic mass is 16.5. The van der Waals surface area contributed by atoms with Crippen LogP contribution >= 0.6 is 0 Å². The second-order valence-electron chi connectivity index (χ2n) is 4.52. The molecule has 19 heavy (non-hydrogen) atoms. The molecule has 0 bridgehead atoms. The number of carboxylic acids is 1. The number of hydrogen-bond donors (Lipinski definition) is 1. The Balaban J connectivity index is 2.11. The molecule has 0 spiro atoms. The molecule has 1 saturated heterocycles. The maximum Gasteiger partial charge on any atom is 0.337 e. The van der Waals surface area contributed by atoms with Gasteiger partial charge in [0.15, 0.2) is 0 Å². The summed E-state index contributed by atoms with van der Waals surface area (Å²) in [7, 11) is 0. The summed E-state index contributed by atoms with van der Waals surface area (Å²) in [4.78, 5) is 28.6. The van der Waals surface area contributed by atoms with Crippen molar-refractivity contribution >= 4 is 11.9 Å². The van der Waals surface area contributed by atoms with E-state index in [4.69, 9.17) is 9.84 Å². The first kappa shape index (κ1) is 13.5. The van der Waals surface area contributed by atoms with Gasteiger partial charge < -0.3 is 14.7 Å². The Labute approximate surface area is 111 Å². The van der Waals surface area contributed by atoms with Crippen molar-refractivity contribution in [2.75, 3.05) is 19.7 Å². The summed E-state index contributed by atoms with van der Waals surface area (Å²) in [5.74, 6) is -1.24. The summed E-state index contributed by atoms with van der Waals surface area (Å²) in [5.41, 5.74) is 0.336. The summed E-state index contributed by atoms with van der Waals surface area (Å²) < 4.78 is 5.48. The zero-order valence-electron chi connectivity index (χ0n) is 10.7. The average Bonchev–Trinajstić information content (AvgIpc) is 2.62. The molecular weight excluding hydrogens is 248 g/mol. The van der Waals surface area contributed by atoms with Gasteiger partial charge in [0.2, 0.25) is 0 Å². The van der Waals surface area contributed by atoms with Crippen molar-refractivity contribution in [2.24, 2.45) is 0 Å². The monoisotopic (exact) mass is 264 g/mol. The van der Waals surface area contributed by atoms with Crippen LogP contribution in [0.1, 0.15) is 34.2 Å². The molecule has 1 aromatic heterocycles. The topological polar surface area (TPSA) is 79.7 Å². The molecule has 102 valence electrons. The number of hydrogen-bond acceptors (Lipinski definition) is 4. The molecule has 0 saturated carbocycles. The second-order valence-corrected chi connectivity index (χ2v) is 4.52. The number of carbonyl (C=O) groups excluding carboxylic acids is 1. The summed E-state index contributed by atoms with van der Waals surface area (Å²) in [6.07, 6.45) is 2.00. The lowest BCUT2D eigenvalue weighted by Crippen LogP contribution is -2.36. The van der Waals surface area contributed by atoms with Crippen molar-refractivity contribution in [3.8, 4) is 0 Å². The highest BCUT2D eigenvalue weighted by Crippen LogP contribution is 2.10. The van der Waals surface area contributed by atoms with Crippen LogP contribution in [0, 0.1) is 0 Å². The van der Waals surface area contributed by atoms with Crippen molar-refractivity contribution in [3.63, 3.8) is 0 Å². The molecule has 0 radical (unpaired) electrons. The fourth-order valence-corrected chi connectivity index (χ4v) is 1.99. The molecule has 0 aromatic carbocycles.